The fourth-order valence-electron chi connectivity index (χ4n) is 1.44. The highest BCUT2D eigenvalue weighted by molar-refractivity contribution is 5.92. The second-order valence-electron chi connectivity index (χ2n) is 5.00. The zero-order valence-electron chi connectivity index (χ0n) is 12.1. The van der Waals surface area contributed by atoms with E-state index in [0.717, 1.165) is 0 Å². The smallest absolute Gasteiger partial charge is 0.325 e. The van der Waals surface area contributed by atoms with Crippen molar-refractivity contribution in [2.24, 2.45) is 11.7 Å². The van der Waals surface area contributed by atoms with Gasteiger partial charge in [0.1, 0.15) is 12.1 Å². The van der Waals surface area contributed by atoms with Crippen LogP contribution in [0.1, 0.15) is 27.2 Å². The van der Waals surface area contributed by atoms with Crippen LogP contribution in [0.25, 0.3) is 0 Å². The number of nitrogens with one attached hydrogen (secondary N) is 2. The minimum atomic E-state index is -1.28. The molecule has 0 spiro atoms. The Hall–Kier alpha value is -2.16. The maximum Gasteiger partial charge on any atom is 0.325 e. The molecule has 21 heavy (non-hydrogen) atoms. The van der Waals surface area contributed by atoms with Gasteiger partial charge in [0.2, 0.25) is 11.8 Å². The Balaban J connectivity index is 4.76. The molecule has 0 aromatic rings. The van der Waals surface area contributed by atoms with Crippen molar-refractivity contribution in [1.82, 2.24) is 10.6 Å². The zero-order chi connectivity index (χ0) is 16.7. The Bertz CT molecular complexity index is 423. The molecule has 6 N–H and O–H groups in total. The van der Waals surface area contributed by atoms with Gasteiger partial charge in [-0.3, -0.25) is 19.2 Å². The average Bonchev–Trinajstić information content (AvgIpc) is 2.33. The second kappa shape index (κ2) is 8.20. The summed E-state index contributed by atoms with van der Waals surface area (Å²) in [5.74, 6) is -4.22. The van der Waals surface area contributed by atoms with E-state index in [9.17, 15) is 19.2 Å². The molecule has 120 valence electrons. The van der Waals surface area contributed by atoms with Gasteiger partial charge in [-0.05, 0) is 12.8 Å². The van der Waals surface area contributed by atoms with Gasteiger partial charge in [-0.25, -0.2) is 0 Å². The zero-order valence-corrected chi connectivity index (χ0v) is 12.1. The quantitative estimate of drug-likeness (QED) is 0.365. The topological polar surface area (TPSA) is 159 Å². The van der Waals surface area contributed by atoms with Crippen molar-refractivity contribution in [2.45, 2.75) is 45.3 Å². The summed E-state index contributed by atoms with van der Waals surface area (Å²) in [4.78, 5) is 44.8. The van der Waals surface area contributed by atoms with Gasteiger partial charge in [0.15, 0.2) is 0 Å². The maximum atomic E-state index is 11.9. The molecule has 0 bridgehead atoms. The van der Waals surface area contributed by atoms with Gasteiger partial charge in [0.05, 0.1) is 12.5 Å². The van der Waals surface area contributed by atoms with Crippen molar-refractivity contribution < 1.29 is 29.4 Å². The first-order valence-electron chi connectivity index (χ1n) is 6.37. The summed E-state index contributed by atoms with van der Waals surface area (Å²) in [6.45, 7) is 4.59. The summed E-state index contributed by atoms with van der Waals surface area (Å²) in [5.41, 5.74) is 5.40. The van der Waals surface area contributed by atoms with E-state index in [1.54, 1.807) is 13.8 Å². The van der Waals surface area contributed by atoms with Gasteiger partial charge in [0, 0.05) is 0 Å². The van der Waals surface area contributed by atoms with E-state index in [0.29, 0.717) is 0 Å². The molecule has 0 aliphatic heterocycles. The number of amides is 2. The Morgan fingerprint density at radius 2 is 1.52 bits per heavy atom. The Kier molecular flexibility index (Phi) is 7.36. The van der Waals surface area contributed by atoms with Crippen LogP contribution in [0.3, 0.4) is 0 Å². The van der Waals surface area contributed by atoms with Crippen LogP contribution < -0.4 is 16.4 Å². The minimum Gasteiger partial charge on any atom is -0.481 e. The van der Waals surface area contributed by atoms with Gasteiger partial charge in [-0.15, -0.1) is 0 Å². The minimum absolute atomic E-state index is 0.327. The summed E-state index contributed by atoms with van der Waals surface area (Å²) in [7, 11) is 0. The molecule has 0 heterocycles. The summed E-state index contributed by atoms with van der Waals surface area (Å²) in [5, 5.41) is 21.9. The first-order valence-corrected chi connectivity index (χ1v) is 6.37. The number of aliphatic carboxylic acids is 2. The first kappa shape index (κ1) is 18.8. The van der Waals surface area contributed by atoms with Gasteiger partial charge in [-0.2, -0.15) is 0 Å². The van der Waals surface area contributed by atoms with E-state index in [4.69, 9.17) is 15.9 Å². The highest BCUT2D eigenvalue weighted by Crippen LogP contribution is 2.03. The molecule has 3 atom stereocenters. The highest BCUT2D eigenvalue weighted by Gasteiger charge is 2.28. The number of carboxylic acid groups (broad SMARTS) is 2. The number of nitrogens with two attached hydrogens (primary N) is 1. The van der Waals surface area contributed by atoms with Gasteiger partial charge >= 0.3 is 11.9 Å². The van der Waals surface area contributed by atoms with E-state index in [2.05, 4.69) is 10.6 Å². The van der Waals surface area contributed by atoms with Crippen molar-refractivity contribution in [3.05, 3.63) is 0 Å². The number of hydrogen-bond acceptors (Lipinski definition) is 5. The third-order valence-corrected chi connectivity index (χ3v) is 2.71. The lowest BCUT2D eigenvalue weighted by molar-refractivity contribution is -0.142. The molecule has 9 nitrogen and oxygen atoms in total. The first-order chi connectivity index (χ1) is 9.56. The van der Waals surface area contributed by atoms with Crippen LogP contribution in [0.4, 0.5) is 0 Å². The number of rotatable bonds is 8. The predicted molar refractivity (Wildman–Crippen MR) is 72.2 cm³/mol. The number of carboxylic acids is 2. The van der Waals surface area contributed by atoms with E-state index in [1.165, 1.54) is 6.92 Å². The fraction of sp³-hybridized carbons (Fsp3) is 0.667. The molecule has 0 rings (SSSR count). The molecular weight excluding hydrogens is 282 g/mol. The van der Waals surface area contributed by atoms with Gasteiger partial charge < -0.3 is 26.6 Å². The SMILES string of the molecule is CC(C)[C@H](NC(=O)[C@@H](N)CC(=O)O)C(=O)N[C@@H](C)C(=O)O. The second-order valence-corrected chi connectivity index (χ2v) is 5.00. The normalized spacial score (nSPS) is 14.9. The van der Waals surface area contributed by atoms with Crippen LogP contribution in [0.5, 0.6) is 0 Å². The summed E-state index contributed by atoms with van der Waals surface area (Å²) in [6, 6.07) is -3.39. The van der Waals surface area contributed by atoms with Crippen molar-refractivity contribution in [1.29, 1.82) is 0 Å². The Morgan fingerprint density at radius 3 is 1.90 bits per heavy atom. The molecule has 0 fully saturated rings. The van der Waals surface area contributed by atoms with E-state index in [1.807, 2.05) is 0 Å². The van der Waals surface area contributed by atoms with Crippen LogP contribution in [-0.2, 0) is 19.2 Å². The number of carbonyl (C=O) groups excluding carboxylic acids is 2. The predicted octanol–water partition coefficient (Wildman–Crippen LogP) is -1.48. The molecule has 0 saturated carbocycles. The molecule has 0 radical (unpaired) electrons. The summed E-state index contributed by atoms with van der Waals surface area (Å²) in [6.07, 6.45) is -0.566. The van der Waals surface area contributed by atoms with Crippen LogP contribution >= 0.6 is 0 Å². The van der Waals surface area contributed by atoms with Crippen molar-refractivity contribution in [3.8, 4) is 0 Å². The Morgan fingerprint density at radius 1 is 1.00 bits per heavy atom. The lowest BCUT2D eigenvalue weighted by atomic mass is 10.0. The maximum absolute atomic E-state index is 11.9. The molecule has 0 unspecified atom stereocenters. The van der Waals surface area contributed by atoms with E-state index >= 15 is 0 Å². The molecule has 0 saturated heterocycles. The third kappa shape index (κ3) is 6.70. The Labute approximate surface area is 121 Å². The monoisotopic (exact) mass is 303 g/mol. The van der Waals surface area contributed by atoms with Gasteiger partial charge in [0.25, 0.3) is 0 Å². The molecule has 2 amide bonds. The van der Waals surface area contributed by atoms with Crippen LogP contribution in [-0.4, -0.2) is 52.1 Å². The average molecular weight is 303 g/mol. The standard InChI is InChI=1S/C12H21N3O6/c1-5(2)9(11(19)14-6(3)12(20)21)15-10(18)7(13)4-8(16)17/h5-7,9H,4,13H2,1-3H3,(H,14,19)(H,15,18)(H,16,17)(H,20,21)/t6-,7-,9-/m0/s1. The van der Waals surface area contributed by atoms with Crippen LogP contribution in [0.15, 0.2) is 0 Å². The van der Waals surface area contributed by atoms with Crippen LogP contribution in [0.2, 0.25) is 0 Å². The lowest BCUT2D eigenvalue weighted by Crippen LogP contribution is -2.56. The van der Waals surface area contributed by atoms with Crippen LogP contribution in [0, 0.1) is 5.92 Å². The lowest BCUT2D eigenvalue weighted by Gasteiger charge is -2.24. The number of carbonyl (C=O) groups is 4. The molecule has 0 aliphatic carbocycles. The molecule has 0 aliphatic rings. The molecular formula is C12H21N3O6. The third-order valence-electron chi connectivity index (χ3n) is 2.71. The molecule has 0 aromatic heterocycles. The van der Waals surface area contributed by atoms with Gasteiger partial charge in [-0.1, -0.05) is 13.8 Å². The van der Waals surface area contributed by atoms with Crippen molar-refractivity contribution >= 4 is 23.8 Å². The van der Waals surface area contributed by atoms with Crippen molar-refractivity contribution in [2.75, 3.05) is 0 Å². The fourth-order valence-corrected chi connectivity index (χ4v) is 1.44. The summed E-state index contributed by atoms with van der Waals surface area (Å²) < 4.78 is 0. The van der Waals surface area contributed by atoms with E-state index < -0.39 is 48.3 Å². The highest BCUT2D eigenvalue weighted by atomic mass is 16.4. The number of hydrogen-bond donors (Lipinski definition) is 5. The summed E-state index contributed by atoms with van der Waals surface area (Å²) >= 11 is 0. The molecule has 9 heteroatoms. The largest absolute Gasteiger partial charge is 0.481 e. The molecule has 0 aromatic carbocycles. The van der Waals surface area contributed by atoms with Crippen molar-refractivity contribution in [3.63, 3.8) is 0 Å². The van der Waals surface area contributed by atoms with E-state index in [-0.39, 0.29) is 5.92 Å².